The lowest BCUT2D eigenvalue weighted by Gasteiger charge is -2.21. The molecular weight excluding hydrogens is 334 g/mol. The van der Waals surface area contributed by atoms with Gasteiger partial charge >= 0.3 is 0 Å². The Morgan fingerprint density at radius 2 is 2.04 bits per heavy atom. The Kier molecular flexibility index (Phi) is 3.61. The summed E-state index contributed by atoms with van der Waals surface area (Å²) >= 11 is 6.29. The van der Waals surface area contributed by atoms with Gasteiger partial charge in [-0.2, -0.15) is 0 Å². The number of halogens is 1. The molecule has 1 aromatic carbocycles. The van der Waals surface area contributed by atoms with Crippen LogP contribution in [0.25, 0.3) is 11.5 Å². The second kappa shape index (κ2) is 5.97. The molecule has 0 bridgehead atoms. The van der Waals surface area contributed by atoms with Gasteiger partial charge in [0.25, 0.3) is 0 Å². The van der Waals surface area contributed by atoms with E-state index in [4.69, 9.17) is 26.0 Å². The number of hydrogen-bond acceptors (Lipinski definition) is 4. The zero-order chi connectivity index (χ0) is 16.8. The maximum atomic E-state index is 6.29. The summed E-state index contributed by atoms with van der Waals surface area (Å²) in [5.41, 5.74) is 4.46. The molecule has 3 aromatic rings. The molecule has 2 aliphatic rings. The van der Waals surface area contributed by atoms with E-state index in [-0.39, 0.29) is 0 Å². The molecule has 0 saturated carbocycles. The second-order valence-corrected chi connectivity index (χ2v) is 7.15. The van der Waals surface area contributed by atoms with Crippen molar-refractivity contribution in [2.45, 2.75) is 31.2 Å². The van der Waals surface area contributed by atoms with E-state index in [0.717, 1.165) is 42.8 Å². The second-order valence-electron chi connectivity index (χ2n) is 6.75. The maximum absolute atomic E-state index is 6.29. The quantitative estimate of drug-likeness (QED) is 0.714. The summed E-state index contributed by atoms with van der Waals surface area (Å²) in [4.78, 5) is 9.39. The van der Waals surface area contributed by atoms with Gasteiger partial charge in [0.2, 0.25) is 5.89 Å². The Balaban J connectivity index is 1.47. The number of aromatic nitrogens is 2. The van der Waals surface area contributed by atoms with Crippen LogP contribution < -0.4 is 5.32 Å². The molecule has 2 aromatic heterocycles. The van der Waals surface area contributed by atoms with Crippen molar-refractivity contribution in [1.29, 1.82) is 0 Å². The first kappa shape index (κ1) is 15.1. The molecule has 0 spiro atoms. The molecule has 2 atom stereocenters. The van der Waals surface area contributed by atoms with Crippen molar-refractivity contribution < 1.29 is 4.42 Å². The smallest absolute Gasteiger partial charge is 0.228 e. The molecule has 1 aliphatic carbocycles. The number of hydrogen-bond donors (Lipinski definition) is 1. The van der Waals surface area contributed by atoms with Crippen molar-refractivity contribution in [2.24, 2.45) is 0 Å². The normalized spacial score (nSPS) is 21.8. The van der Waals surface area contributed by atoms with Crippen molar-refractivity contribution >= 4 is 11.6 Å². The van der Waals surface area contributed by atoms with Gasteiger partial charge in [0.1, 0.15) is 5.76 Å². The van der Waals surface area contributed by atoms with Crippen molar-refractivity contribution in [1.82, 2.24) is 15.3 Å². The Hall–Kier alpha value is -2.17. The fourth-order valence-electron chi connectivity index (χ4n) is 3.70. The van der Waals surface area contributed by atoms with E-state index >= 15 is 0 Å². The van der Waals surface area contributed by atoms with Crippen LogP contribution in [0.3, 0.4) is 0 Å². The molecule has 0 radical (unpaired) electrons. The summed E-state index contributed by atoms with van der Waals surface area (Å²) in [6, 6.07) is 12.4. The Bertz CT molecular complexity index is 932. The minimum atomic E-state index is 0.387. The molecule has 1 fully saturated rings. The number of oxazole rings is 1. The minimum absolute atomic E-state index is 0.387. The lowest BCUT2D eigenvalue weighted by atomic mass is 9.85. The van der Waals surface area contributed by atoms with Gasteiger partial charge in [0.15, 0.2) is 0 Å². The maximum Gasteiger partial charge on any atom is 0.228 e. The highest BCUT2D eigenvalue weighted by Gasteiger charge is 2.32. The highest BCUT2D eigenvalue weighted by molar-refractivity contribution is 6.33. The molecule has 3 heterocycles. The van der Waals surface area contributed by atoms with Gasteiger partial charge in [-0.15, -0.1) is 0 Å². The predicted molar refractivity (Wildman–Crippen MR) is 96.7 cm³/mol. The molecule has 5 rings (SSSR count). The molecule has 1 aliphatic heterocycles. The van der Waals surface area contributed by atoms with Crippen LogP contribution in [0.15, 0.2) is 47.0 Å². The van der Waals surface area contributed by atoms with Gasteiger partial charge in [-0.1, -0.05) is 29.8 Å². The Morgan fingerprint density at radius 1 is 1.16 bits per heavy atom. The molecule has 4 nitrogen and oxygen atoms in total. The van der Waals surface area contributed by atoms with Crippen LogP contribution in [0.5, 0.6) is 0 Å². The van der Waals surface area contributed by atoms with Crippen molar-refractivity contribution in [3.8, 4) is 11.5 Å². The van der Waals surface area contributed by atoms with E-state index in [1.165, 1.54) is 11.3 Å². The monoisotopic (exact) mass is 351 g/mol. The van der Waals surface area contributed by atoms with Gasteiger partial charge in [0.05, 0.1) is 16.3 Å². The zero-order valence-electron chi connectivity index (χ0n) is 13.7. The first-order valence-corrected chi connectivity index (χ1v) is 9.09. The topological polar surface area (TPSA) is 60.9 Å². The highest BCUT2D eigenvalue weighted by Crippen LogP contribution is 2.38. The Labute approximate surface area is 151 Å². The standard InChI is InChI=1S/C20H18ClN3O/c21-15-6-2-1-4-13(15)20-24-16-8-7-12(10-18(16)25-20)19-14(17-11-23-17)5-3-9-22-19/h1-6,9,12,17,23H,7-8,10-11H2. The molecule has 1 saturated heterocycles. The summed E-state index contributed by atoms with van der Waals surface area (Å²) < 4.78 is 6.10. The summed E-state index contributed by atoms with van der Waals surface area (Å²) in [6.45, 7) is 1.05. The first-order valence-electron chi connectivity index (χ1n) is 8.71. The average Bonchev–Trinajstić information content (AvgIpc) is 3.40. The van der Waals surface area contributed by atoms with E-state index in [1.54, 1.807) is 0 Å². The number of aryl methyl sites for hydroxylation is 1. The Morgan fingerprint density at radius 3 is 2.88 bits per heavy atom. The summed E-state index contributed by atoms with van der Waals surface area (Å²) in [7, 11) is 0. The number of rotatable bonds is 3. The first-order chi connectivity index (χ1) is 12.3. The van der Waals surface area contributed by atoms with Crippen LogP contribution in [-0.4, -0.2) is 16.5 Å². The third kappa shape index (κ3) is 2.75. The summed E-state index contributed by atoms with van der Waals surface area (Å²) in [6.07, 6.45) is 4.72. The lowest BCUT2D eigenvalue weighted by molar-refractivity contribution is 0.452. The van der Waals surface area contributed by atoms with Gasteiger partial charge in [0, 0.05) is 36.8 Å². The summed E-state index contributed by atoms with van der Waals surface area (Å²) in [5.74, 6) is 1.99. The van der Waals surface area contributed by atoms with Crippen molar-refractivity contribution in [3.05, 3.63) is 70.3 Å². The zero-order valence-corrected chi connectivity index (χ0v) is 14.5. The minimum Gasteiger partial charge on any atom is -0.441 e. The largest absolute Gasteiger partial charge is 0.441 e. The van der Waals surface area contributed by atoms with Gasteiger partial charge < -0.3 is 9.73 Å². The van der Waals surface area contributed by atoms with Gasteiger partial charge in [-0.05, 0) is 36.6 Å². The van der Waals surface area contributed by atoms with Crippen LogP contribution in [0.2, 0.25) is 5.02 Å². The lowest BCUT2D eigenvalue weighted by Crippen LogP contribution is -2.15. The van der Waals surface area contributed by atoms with Crippen LogP contribution in [0.1, 0.15) is 41.1 Å². The van der Waals surface area contributed by atoms with E-state index in [1.807, 2.05) is 36.5 Å². The van der Waals surface area contributed by atoms with E-state index in [0.29, 0.717) is 22.9 Å². The van der Waals surface area contributed by atoms with Crippen LogP contribution in [0.4, 0.5) is 0 Å². The van der Waals surface area contributed by atoms with Gasteiger partial charge in [-0.25, -0.2) is 4.98 Å². The van der Waals surface area contributed by atoms with Crippen LogP contribution in [0, 0.1) is 0 Å². The third-order valence-corrected chi connectivity index (χ3v) is 5.42. The number of benzene rings is 1. The molecule has 126 valence electrons. The highest BCUT2D eigenvalue weighted by atomic mass is 35.5. The average molecular weight is 352 g/mol. The summed E-state index contributed by atoms with van der Waals surface area (Å²) in [5, 5.41) is 4.06. The van der Waals surface area contributed by atoms with Gasteiger partial charge in [-0.3, -0.25) is 4.98 Å². The number of fused-ring (bicyclic) bond motifs is 1. The molecular formula is C20H18ClN3O. The van der Waals surface area contributed by atoms with E-state index in [2.05, 4.69) is 11.4 Å². The SMILES string of the molecule is Clc1ccccc1-c1nc2c(o1)CC(c1ncccc1C1CN1)CC2. The molecule has 1 N–H and O–H groups in total. The number of pyridine rings is 1. The van der Waals surface area contributed by atoms with Crippen LogP contribution >= 0.6 is 11.6 Å². The van der Waals surface area contributed by atoms with Crippen molar-refractivity contribution in [3.63, 3.8) is 0 Å². The van der Waals surface area contributed by atoms with E-state index < -0.39 is 0 Å². The fourth-order valence-corrected chi connectivity index (χ4v) is 3.92. The number of nitrogens with one attached hydrogen (secondary N) is 1. The molecule has 5 heteroatoms. The molecule has 25 heavy (non-hydrogen) atoms. The fraction of sp³-hybridized carbons (Fsp3) is 0.300. The third-order valence-electron chi connectivity index (χ3n) is 5.09. The van der Waals surface area contributed by atoms with Crippen LogP contribution in [-0.2, 0) is 12.8 Å². The predicted octanol–water partition coefficient (Wildman–Crippen LogP) is 4.31. The van der Waals surface area contributed by atoms with Crippen molar-refractivity contribution in [2.75, 3.05) is 6.54 Å². The number of nitrogens with zero attached hydrogens (tertiary/aromatic N) is 2. The molecule has 2 unspecified atom stereocenters. The van der Waals surface area contributed by atoms with E-state index in [9.17, 15) is 0 Å². The molecule has 0 amide bonds.